The Hall–Kier alpha value is -1.75. The largest absolute Gasteiger partial charge is 0.301 e. The number of hydrogen-bond acceptors (Lipinski definition) is 4. The third kappa shape index (κ3) is 3.44. The standard InChI is InChI=1S/C18H21N3OS/c22-16(11-15-9-13-6-7-14(15)8-13)19-18-21-20-17(23-18)10-12-4-2-1-3-5-12/h1-5,13-15H,6-11H2,(H,19,21,22)/t13-,14-,15-/m1/s1. The molecule has 1 amide bonds. The molecule has 0 aliphatic heterocycles. The summed E-state index contributed by atoms with van der Waals surface area (Å²) in [5, 5.41) is 12.8. The molecule has 0 saturated heterocycles. The third-order valence-electron chi connectivity index (χ3n) is 5.24. The van der Waals surface area contributed by atoms with Crippen molar-refractivity contribution in [2.45, 2.75) is 38.5 Å². The van der Waals surface area contributed by atoms with Crippen molar-refractivity contribution in [2.75, 3.05) is 5.32 Å². The maximum Gasteiger partial charge on any atom is 0.226 e. The summed E-state index contributed by atoms with van der Waals surface area (Å²) in [7, 11) is 0. The fraction of sp³-hybridized carbons (Fsp3) is 0.500. The van der Waals surface area contributed by atoms with Gasteiger partial charge in [0.05, 0.1) is 0 Å². The Morgan fingerprint density at radius 1 is 1.17 bits per heavy atom. The Morgan fingerprint density at radius 3 is 2.78 bits per heavy atom. The van der Waals surface area contributed by atoms with Crippen LogP contribution in [0.4, 0.5) is 5.13 Å². The first-order valence-electron chi connectivity index (χ1n) is 8.42. The predicted molar refractivity (Wildman–Crippen MR) is 91.3 cm³/mol. The summed E-state index contributed by atoms with van der Waals surface area (Å²) in [5.74, 6) is 2.36. The van der Waals surface area contributed by atoms with Crippen LogP contribution in [-0.4, -0.2) is 16.1 Å². The Balaban J connectivity index is 1.31. The summed E-state index contributed by atoms with van der Waals surface area (Å²) in [5.41, 5.74) is 1.21. The van der Waals surface area contributed by atoms with E-state index in [9.17, 15) is 4.79 Å². The molecule has 1 aromatic carbocycles. The van der Waals surface area contributed by atoms with E-state index < -0.39 is 0 Å². The lowest BCUT2D eigenvalue weighted by molar-refractivity contribution is -0.117. The fourth-order valence-electron chi connectivity index (χ4n) is 4.18. The Morgan fingerprint density at radius 2 is 2.04 bits per heavy atom. The van der Waals surface area contributed by atoms with Gasteiger partial charge in [-0.1, -0.05) is 48.1 Å². The Kier molecular flexibility index (Phi) is 4.12. The number of carbonyl (C=O) groups is 1. The first-order valence-corrected chi connectivity index (χ1v) is 9.24. The van der Waals surface area contributed by atoms with Crippen LogP contribution in [0.3, 0.4) is 0 Å². The zero-order chi connectivity index (χ0) is 15.6. The molecule has 2 aliphatic carbocycles. The van der Waals surface area contributed by atoms with Crippen LogP contribution in [0.15, 0.2) is 30.3 Å². The molecule has 2 aromatic rings. The molecular weight excluding hydrogens is 306 g/mol. The molecular formula is C18H21N3OS. The number of hydrogen-bond donors (Lipinski definition) is 1. The van der Waals surface area contributed by atoms with Crippen LogP contribution in [0, 0.1) is 17.8 Å². The summed E-state index contributed by atoms with van der Waals surface area (Å²) in [6.45, 7) is 0. The van der Waals surface area contributed by atoms with Gasteiger partial charge in [-0.25, -0.2) is 0 Å². The maximum atomic E-state index is 12.2. The molecule has 1 aromatic heterocycles. The SMILES string of the molecule is O=C(C[C@H]1C[C@@H]2CC[C@@H]1C2)Nc1nnc(Cc2ccccc2)s1. The van der Waals surface area contributed by atoms with E-state index in [1.54, 1.807) is 0 Å². The summed E-state index contributed by atoms with van der Waals surface area (Å²) >= 11 is 1.48. The lowest BCUT2D eigenvalue weighted by Gasteiger charge is -2.20. The van der Waals surface area contributed by atoms with Crippen molar-refractivity contribution >= 4 is 22.4 Å². The monoisotopic (exact) mass is 327 g/mol. The summed E-state index contributed by atoms with van der Waals surface area (Å²) in [6.07, 6.45) is 6.70. The highest BCUT2D eigenvalue weighted by Crippen LogP contribution is 2.49. The molecule has 1 heterocycles. The molecule has 1 N–H and O–H groups in total. The van der Waals surface area contributed by atoms with Crippen molar-refractivity contribution < 1.29 is 4.79 Å². The molecule has 4 nitrogen and oxygen atoms in total. The quantitative estimate of drug-likeness (QED) is 0.906. The predicted octanol–water partition coefficient (Wildman–Crippen LogP) is 3.89. The van der Waals surface area contributed by atoms with Gasteiger partial charge in [-0.15, -0.1) is 10.2 Å². The summed E-state index contributed by atoms with van der Waals surface area (Å²) in [4.78, 5) is 12.2. The van der Waals surface area contributed by atoms with E-state index in [0.717, 1.165) is 23.3 Å². The van der Waals surface area contributed by atoms with Gasteiger partial charge in [0.2, 0.25) is 11.0 Å². The fourth-order valence-corrected chi connectivity index (χ4v) is 4.97. The number of nitrogens with zero attached hydrogens (tertiary/aromatic N) is 2. The molecule has 2 saturated carbocycles. The first-order chi connectivity index (χ1) is 11.3. The van der Waals surface area contributed by atoms with Gasteiger partial charge in [-0.2, -0.15) is 0 Å². The molecule has 23 heavy (non-hydrogen) atoms. The van der Waals surface area contributed by atoms with E-state index >= 15 is 0 Å². The average molecular weight is 327 g/mol. The van der Waals surface area contributed by atoms with Crippen molar-refractivity contribution in [2.24, 2.45) is 17.8 Å². The van der Waals surface area contributed by atoms with E-state index in [2.05, 4.69) is 27.6 Å². The molecule has 3 atom stereocenters. The van der Waals surface area contributed by atoms with E-state index in [0.29, 0.717) is 17.5 Å². The van der Waals surface area contributed by atoms with E-state index in [1.165, 1.54) is 42.6 Å². The van der Waals surface area contributed by atoms with Crippen LogP contribution in [0.25, 0.3) is 0 Å². The molecule has 2 bridgehead atoms. The lowest BCUT2D eigenvalue weighted by Crippen LogP contribution is -2.20. The number of nitrogens with one attached hydrogen (secondary N) is 1. The molecule has 5 heteroatoms. The van der Waals surface area contributed by atoms with Crippen molar-refractivity contribution in [1.29, 1.82) is 0 Å². The summed E-state index contributed by atoms with van der Waals surface area (Å²) in [6, 6.07) is 10.2. The number of fused-ring (bicyclic) bond motifs is 2. The van der Waals surface area contributed by atoms with Crippen LogP contribution >= 0.6 is 11.3 Å². The molecule has 0 spiro atoms. The molecule has 120 valence electrons. The van der Waals surface area contributed by atoms with Gasteiger partial charge in [-0.05, 0) is 42.6 Å². The first kappa shape index (κ1) is 14.8. The maximum absolute atomic E-state index is 12.2. The van der Waals surface area contributed by atoms with E-state index in [1.807, 2.05) is 18.2 Å². The summed E-state index contributed by atoms with van der Waals surface area (Å²) < 4.78 is 0. The van der Waals surface area contributed by atoms with Gasteiger partial charge < -0.3 is 5.32 Å². The van der Waals surface area contributed by atoms with Gasteiger partial charge in [0.15, 0.2) is 0 Å². The van der Waals surface area contributed by atoms with Crippen molar-refractivity contribution in [3.8, 4) is 0 Å². The molecule has 4 rings (SSSR count). The van der Waals surface area contributed by atoms with Crippen LogP contribution in [0.5, 0.6) is 0 Å². The zero-order valence-corrected chi connectivity index (χ0v) is 13.9. The van der Waals surface area contributed by atoms with Crippen molar-refractivity contribution in [3.05, 3.63) is 40.9 Å². The normalized spacial score (nSPS) is 25.7. The second kappa shape index (κ2) is 6.40. The van der Waals surface area contributed by atoms with Crippen LogP contribution in [0.1, 0.15) is 42.7 Å². The highest BCUT2D eigenvalue weighted by molar-refractivity contribution is 7.15. The topological polar surface area (TPSA) is 54.9 Å². The van der Waals surface area contributed by atoms with Gasteiger partial charge in [0.25, 0.3) is 0 Å². The Labute approximate surface area is 140 Å². The van der Waals surface area contributed by atoms with E-state index in [-0.39, 0.29) is 5.91 Å². The van der Waals surface area contributed by atoms with Gasteiger partial charge in [0, 0.05) is 12.8 Å². The average Bonchev–Trinajstić information content (AvgIpc) is 3.26. The third-order valence-corrected chi connectivity index (χ3v) is 6.08. The van der Waals surface area contributed by atoms with Crippen LogP contribution in [-0.2, 0) is 11.2 Å². The lowest BCUT2D eigenvalue weighted by atomic mass is 9.86. The number of carbonyl (C=O) groups excluding carboxylic acids is 1. The number of benzene rings is 1. The minimum Gasteiger partial charge on any atom is -0.301 e. The Bertz CT molecular complexity index is 685. The highest BCUT2D eigenvalue weighted by atomic mass is 32.1. The van der Waals surface area contributed by atoms with Gasteiger partial charge in [0.1, 0.15) is 5.01 Å². The number of anilines is 1. The van der Waals surface area contributed by atoms with E-state index in [4.69, 9.17) is 0 Å². The van der Waals surface area contributed by atoms with Crippen LogP contribution < -0.4 is 5.32 Å². The highest BCUT2D eigenvalue weighted by Gasteiger charge is 2.40. The molecule has 0 unspecified atom stereocenters. The van der Waals surface area contributed by atoms with Crippen LogP contribution in [0.2, 0.25) is 0 Å². The van der Waals surface area contributed by atoms with Gasteiger partial charge in [-0.3, -0.25) is 4.79 Å². The second-order valence-corrected chi connectivity index (χ2v) is 7.91. The van der Waals surface area contributed by atoms with Crippen molar-refractivity contribution in [3.63, 3.8) is 0 Å². The minimum absolute atomic E-state index is 0.102. The smallest absolute Gasteiger partial charge is 0.226 e. The molecule has 2 aliphatic rings. The second-order valence-electron chi connectivity index (χ2n) is 6.85. The molecule has 2 fully saturated rings. The van der Waals surface area contributed by atoms with Gasteiger partial charge >= 0.3 is 0 Å². The zero-order valence-electron chi connectivity index (χ0n) is 13.1. The number of aromatic nitrogens is 2. The number of amides is 1. The minimum atomic E-state index is 0.102. The van der Waals surface area contributed by atoms with Crippen molar-refractivity contribution in [1.82, 2.24) is 10.2 Å². The molecule has 0 radical (unpaired) electrons. The number of rotatable bonds is 5.